The number of fused-ring (bicyclic) bond motifs is 1. The number of hydrogen-bond donors (Lipinski definition) is 3. The number of amidine groups is 1. The normalized spacial score (nSPS) is 18.3. The number of para-hydroxylation sites is 2. The highest BCUT2D eigenvalue weighted by Gasteiger charge is 2.31. The monoisotopic (exact) mass is 411 g/mol. The number of likely N-dealkylation sites (tertiary alicyclic amines) is 1. The van der Waals surface area contributed by atoms with Crippen LogP contribution in [0.1, 0.15) is 33.6 Å². The van der Waals surface area contributed by atoms with Crippen molar-refractivity contribution in [3.05, 3.63) is 35.5 Å². The molecule has 2 aliphatic heterocycles. The van der Waals surface area contributed by atoms with Gasteiger partial charge in [-0.1, -0.05) is 12.1 Å². The molecule has 9 nitrogen and oxygen atoms in total. The summed E-state index contributed by atoms with van der Waals surface area (Å²) in [4.78, 5) is 30.2. The molecular weight excluding hydrogens is 386 g/mol. The van der Waals surface area contributed by atoms with Crippen molar-refractivity contribution in [1.82, 2.24) is 10.2 Å². The quantitative estimate of drug-likeness (QED) is 0.504. The molecular formula is C21H25N5O4. The molecule has 3 N–H and O–H groups in total. The molecule has 1 fully saturated rings. The number of alkyl carbamates (subject to hydrolysis) is 1. The van der Waals surface area contributed by atoms with Crippen LogP contribution < -0.4 is 10.6 Å². The second-order valence-corrected chi connectivity index (χ2v) is 8.15. The fourth-order valence-corrected chi connectivity index (χ4v) is 3.36. The molecule has 30 heavy (non-hydrogen) atoms. The topological polar surface area (TPSA) is 127 Å². The fourth-order valence-electron chi connectivity index (χ4n) is 3.36. The summed E-state index contributed by atoms with van der Waals surface area (Å²) >= 11 is 0. The van der Waals surface area contributed by atoms with E-state index >= 15 is 0 Å². The summed E-state index contributed by atoms with van der Waals surface area (Å²) < 4.78 is 5.31. The van der Waals surface area contributed by atoms with Crippen LogP contribution in [-0.4, -0.2) is 52.6 Å². The summed E-state index contributed by atoms with van der Waals surface area (Å²) in [6, 6.07) is 8.97. The first kappa shape index (κ1) is 21.2. The van der Waals surface area contributed by atoms with E-state index in [1.54, 1.807) is 12.1 Å². The number of carboxylic acids is 1. The first-order valence-corrected chi connectivity index (χ1v) is 9.75. The number of carbonyl (C=O) groups is 2. The number of rotatable bonds is 2. The highest BCUT2D eigenvalue weighted by molar-refractivity contribution is 6.12. The van der Waals surface area contributed by atoms with Gasteiger partial charge in [0.1, 0.15) is 17.4 Å². The van der Waals surface area contributed by atoms with Gasteiger partial charge in [-0.3, -0.25) is 0 Å². The van der Waals surface area contributed by atoms with Crippen LogP contribution in [0.25, 0.3) is 0 Å². The Balaban J connectivity index is 1.79. The standard InChI is InChI=1S/C21H25N5O4/c1-21(2,3)30-20(29)23-13-8-10-26(11-9-13)18-17(14(12-22)19(27)28)24-15-6-4-5-7-16(15)25-18/h4-7,13,24H,8-11H2,1-3H3,(H,23,29)(H,27,28). The van der Waals surface area contributed by atoms with Gasteiger partial charge in [-0.05, 0) is 45.7 Å². The Hall–Kier alpha value is -3.54. The summed E-state index contributed by atoms with van der Waals surface area (Å²) in [6.45, 7) is 6.52. The number of aliphatic imine (C=N–C) groups is 1. The van der Waals surface area contributed by atoms with Crippen molar-refractivity contribution in [2.75, 3.05) is 18.4 Å². The Morgan fingerprint density at radius 1 is 1.30 bits per heavy atom. The lowest BCUT2D eigenvalue weighted by Gasteiger charge is -2.36. The predicted octanol–water partition coefficient (Wildman–Crippen LogP) is 2.99. The Labute approximate surface area is 175 Å². The van der Waals surface area contributed by atoms with Crippen molar-refractivity contribution < 1.29 is 19.4 Å². The SMILES string of the molecule is CC(C)(C)OC(=O)NC1CCN(C2=Nc3ccccc3NC2=C(C#N)C(=O)O)CC1. The third kappa shape index (κ3) is 4.89. The lowest BCUT2D eigenvalue weighted by atomic mass is 10.0. The molecule has 0 atom stereocenters. The number of hydrogen-bond acceptors (Lipinski definition) is 7. The molecule has 0 aliphatic carbocycles. The maximum Gasteiger partial charge on any atom is 0.407 e. The second-order valence-electron chi connectivity index (χ2n) is 8.15. The van der Waals surface area contributed by atoms with Crippen molar-refractivity contribution in [1.29, 1.82) is 5.26 Å². The Kier molecular flexibility index (Phi) is 5.96. The minimum Gasteiger partial charge on any atom is -0.477 e. The van der Waals surface area contributed by atoms with Gasteiger partial charge in [0.15, 0.2) is 11.4 Å². The number of nitriles is 1. The molecule has 1 saturated heterocycles. The van der Waals surface area contributed by atoms with E-state index in [0.29, 0.717) is 43.1 Å². The number of amides is 1. The molecule has 0 unspecified atom stereocenters. The Morgan fingerprint density at radius 2 is 1.97 bits per heavy atom. The third-order valence-electron chi connectivity index (χ3n) is 4.70. The van der Waals surface area contributed by atoms with Gasteiger partial charge in [-0.2, -0.15) is 5.26 Å². The fraction of sp³-hybridized carbons (Fsp3) is 0.429. The van der Waals surface area contributed by atoms with Crippen molar-refractivity contribution in [2.24, 2.45) is 4.99 Å². The molecule has 0 bridgehead atoms. The van der Waals surface area contributed by atoms with E-state index in [9.17, 15) is 20.0 Å². The number of nitrogens with zero attached hydrogens (tertiary/aromatic N) is 3. The average molecular weight is 411 g/mol. The van der Waals surface area contributed by atoms with Crippen LogP contribution in [0.2, 0.25) is 0 Å². The van der Waals surface area contributed by atoms with Crippen molar-refractivity contribution in [3.8, 4) is 6.07 Å². The number of nitrogens with one attached hydrogen (secondary N) is 2. The zero-order valence-corrected chi connectivity index (χ0v) is 17.2. The minimum atomic E-state index is -1.31. The van der Waals surface area contributed by atoms with Crippen LogP contribution in [0.3, 0.4) is 0 Å². The highest BCUT2D eigenvalue weighted by atomic mass is 16.6. The number of carbonyl (C=O) groups excluding carboxylic acids is 1. The Morgan fingerprint density at radius 3 is 2.57 bits per heavy atom. The molecule has 2 heterocycles. The molecule has 158 valence electrons. The first-order valence-electron chi connectivity index (χ1n) is 9.75. The number of piperidine rings is 1. The summed E-state index contributed by atoms with van der Waals surface area (Å²) in [5.74, 6) is -0.892. The summed E-state index contributed by atoms with van der Waals surface area (Å²) in [5.41, 5.74) is 0.546. The van der Waals surface area contributed by atoms with E-state index in [-0.39, 0.29) is 11.7 Å². The van der Waals surface area contributed by atoms with Crippen molar-refractivity contribution >= 4 is 29.3 Å². The van der Waals surface area contributed by atoms with Gasteiger partial charge in [0, 0.05) is 19.1 Å². The molecule has 0 aromatic heterocycles. The maximum atomic E-state index is 12.0. The third-order valence-corrected chi connectivity index (χ3v) is 4.70. The predicted molar refractivity (Wildman–Crippen MR) is 111 cm³/mol. The average Bonchev–Trinajstić information content (AvgIpc) is 2.67. The molecule has 0 saturated carbocycles. The van der Waals surface area contributed by atoms with Crippen molar-refractivity contribution in [3.63, 3.8) is 0 Å². The maximum absolute atomic E-state index is 12.0. The summed E-state index contributed by atoms with van der Waals surface area (Å²) in [6.07, 6.45) is 0.828. The van der Waals surface area contributed by atoms with Gasteiger partial charge in [0.25, 0.3) is 0 Å². The Bertz CT molecular complexity index is 947. The van der Waals surface area contributed by atoms with Gasteiger partial charge in [-0.25, -0.2) is 14.6 Å². The number of ether oxygens (including phenoxy) is 1. The van der Waals surface area contributed by atoms with Crippen LogP contribution in [-0.2, 0) is 9.53 Å². The first-order chi connectivity index (χ1) is 14.2. The van der Waals surface area contributed by atoms with Gasteiger partial charge < -0.3 is 25.4 Å². The zero-order chi connectivity index (χ0) is 21.9. The summed E-state index contributed by atoms with van der Waals surface area (Å²) in [5, 5.41) is 24.8. The van der Waals surface area contributed by atoms with Crippen LogP contribution in [0, 0.1) is 11.3 Å². The van der Waals surface area contributed by atoms with Crippen LogP contribution in [0.15, 0.2) is 40.5 Å². The second kappa shape index (κ2) is 8.45. The molecule has 2 aliphatic rings. The number of benzene rings is 1. The van der Waals surface area contributed by atoms with Gasteiger partial charge in [0.2, 0.25) is 0 Å². The van der Waals surface area contributed by atoms with E-state index in [4.69, 9.17) is 4.74 Å². The zero-order valence-electron chi connectivity index (χ0n) is 17.2. The molecule has 1 aromatic rings. The molecule has 1 aromatic carbocycles. The molecule has 1 amide bonds. The lowest BCUT2D eigenvalue weighted by molar-refractivity contribution is -0.132. The van der Waals surface area contributed by atoms with E-state index in [2.05, 4.69) is 15.6 Å². The molecule has 0 spiro atoms. The van der Waals surface area contributed by atoms with Crippen LogP contribution in [0.4, 0.5) is 16.2 Å². The van der Waals surface area contributed by atoms with E-state index in [0.717, 1.165) is 0 Å². The van der Waals surface area contributed by atoms with Crippen LogP contribution >= 0.6 is 0 Å². The molecule has 0 radical (unpaired) electrons. The van der Waals surface area contributed by atoms with Gasteiger partial charge in [0.05, 0.1) is 11.4 Å². The highest BCUT2D eigenvalue weighted by Crippen LogP contribution is 2.33. The van der Waals surface area contributed by atoms with E-state index in [1.807, 2.05) is 43.9 Å². The number of aliphatic carboxylic acids is 1. The smallest absolute Gasteiger partial charge is 0.407 e. The van der Waals surface area contributed by atoms with E-state index in [1.165, 1.54) is 0 Å². The largest absolute Gasteiger partial charge is 0.477 e. The van der Waals surface area contributed by atoms with E-state index < -0.39 is 23.2 Å². The molecule has 3 rings (SSSR count). The van der Waals surface area contributed by atoms with Crippen LogP contribution in [0.5, 0.6) is 0 Å². The summed E-state index contributed by atoms with van der Waals surface area (Å²) in [7, 11) is 0. The van der Waals surface area contributed by atoms with Crippen molar-refractivity contribution in [2.45, 2.75) is 45.3 Å². The minimum absolute atomic E-state index is 0.0529. The lowest BCUT2D eigenvalue weighted by Crippen LogP contribution is -2.48. The van der Waals surface area contributed by atoms with Gasteiger partial charge >= 0.3 is 12.1 Å². The number of anilines is 1. The van der Waals surface area contributed by atoms with Gasteiger partial charge in [-0.15, -0.1) is 0 Å². The molecule has 9 heteroatoms. The number of carboxylic acid groups (broad SMARTS) is 1.